The molecular weight excluding hydrogens is 298 g/mol. The lowest BCUT2D eigenvalue weighted by Gasteiger charge is -2.23. The van der Waals surface area contributed by atoms with Gasteiger partial charge in [-0.1, -0.05) is 0 Å². The first-order valence-corrected chi connectivity index (χ1v) is 7.83. The quantitative estimate of drug-likeness (QED) is 0.630. The van der Waals surface area contributed by atoms with Crippen LogP contribution < -0.4 is 10.1 Å². The second-order valence-electron chi connectivity index (χ2n) is 4.76. The summed E-state index contributed by atoms with van der Waals surface area (Å²) in [6.45, 7) is 1.33. The normalized spacial score (nSPS) is 18.9. The molecule has 0 saturated carbocycles. The lowest BCUT2D eigenvalue weighted by atomic mass is 10.3. The highest BCUT2D eigenvalue weighted by atomic mass is 32.2. The van der Waals surface area contributed by atoms with Crippen LogP contribution in [0.5, 0.6) is 5.75 Å². The van der Waals surface area contributed by atoms with Crippen LogP contribution in [0.2, 0.25) is 0 Å². The van der Waals surface area contributed by atoms with E-state index in [0.717, 1.165) is 12.6 Å². The lowest BCUT2D eigenvalue weighted by Crippen LogP contribution is -2.38. The van der Waals surface area contributed by atoms with Crippen molar-refractivity contribution in [2.45, 2.75) is 17.4 Å². The van der Waals surface area contributed by atoms with Gasteiger partial charge in [0.15, 0.2) is 5.75 Å². The first-order chi connectivity index (χ1) is 9.87. The maximum Gasteiger partial charge on any atom is 0.312 e. The van der Waals surface area contributed by atoms with E-state index < -0.39 is 14.9 Å². The van der Waals surface area contributed by atoms with Gasteiger partial charge in [-0.15, -0.1) is 0 Å². The molecule has 1 N–H and O–H groups in total. The molecule has 116 valence electrons. The van der Waals surface area contributed by atoms with Crippen LogP contribution in [0.15, 0.2) is 23.1 Å². The van der Waals surface area contributed by atoms with Crippen molar-refractivity contribution in [3.63, 3.8) is 0 Å². The molecule has 2 rings (SSSR count). The first kappa shape index (κ1) is 15.7. The van der Waals surface area contributed by atoms with Crippen molar-refractivity contribution in [3.8, 4) is 5.75 Å². The molecule has 8 nitrogen and oxygen atoms in total. The molecule has 1 aliphatic heterocycles. The zero-order valence-electron chi connectivity index (χ0n) is 11.8. The van der Waals surface area contributed by atoms with Gasteiger partial charge in [0, 0.05) is 25.7 Å². The molecule has 1 unspecified atom stereocenters. The highest BCUT2D eigenvalue weighted by Crippen LogP contribution is 2.31. The zero-order valence-corrected chi connectivity index (χ0v) is 12.6. The van der Waals surface area contributed by atoms with E-state index in [1.54, 1.807) is 0 Å². The minimum absolute atomic E-state index is 0.0316. The zero-order chi connectivity index (χ0) is 15.6. The van der Waals surface area contributed by atoms with Crippen molar-refractivity contribution in [1.29, 1.82) is 0 Å². The van der Waals surface area contributed by atoms with Gasteiger partial charge in [-0.25, -0.2) is 8.42 Å². The van der Waals surface area contributed by atoms with Crippen LogP contribution in [-0.2, 0) is 10.0 Å². The number of likely N-dealkylation sites (N-methyl/N-ethyl adjacent to an activating group) is 1. The Kier molecular flexibility index (Phi) is 4.45. The number of benzene rings is 1. The highest BCUT2D eigenvalue weighted by molar-refractivity contribution is 7.89. The van der Waals surface area contributed by atoms with Crippen LogP contribution in [-0.4, -0.2) is 50.9 Å². The molecule has 9 heteroatoms. The predicted molar refractivity (Wildman–Crippen MR) is 75.9 cm³/mol. The fourth-order valence-corrected chi connectivity index (χ4v) is 3.69. The van der Waals surface area contributed by atoms with E-state index >= 15 is 0 Å². The molecule has 0 radical (unpaired) electrons. The number of nitro groups is 1. The van der Waals surface area contributed by atoms with Crippen molar-refractivity contribution < 1.29 is 18.1 Å². The molecule has 1 aliphatic rings. The summed E-state index contributed by atoms with van der Waals surface area (Å²) in [4.78, 5) is 10.2. The van der Waals surface area contributed by atoms with E-state index in [0.29, 0.717) is 13.0 Å². The van der Waals surface area contributed by atoms with Crippen molar-refractivity contribution in [1.82, 2.24) is 9.62 Å². The Morgan fingerprint density at radius 1 is 1.48 bits per heavy atom. The third-order valence-electron chi connectivity index (χ3n) is 3.57. The van der Waals surface area contributed by atoms with Gasteiger partial charge in [0.1, 0.15) is 0 Å². The molecule has 0 bridgehead atoms. The van der Waals surface area contributed by atoms with Crippen molar-refractivity contribution in [2.24, 2.45) is 0 Å². The van der Waals surface area contributed by atoms with Crippen molar-refractivity contribution in [3.05, 3.63) is 28.3 Å². The second kappa shape index (κ2) is 5.96. The molecule has 0 amide bonds. The Labute approximate surface area is 122 Å². The standard InChI is InChI=1S/C12H17N3O5S/c1-14(9-5-6-13-8-9)21(18,19)10-3-4-12(20-2)11(7-10)15(16)17/h3-4,7,9,13H,5-6,8H2,1-2H3. The molecule has 1 aromatic carbocycles. The molecule has 1 fully saturated rings. The molecule has 0 aromatic heterocycles. The monoisotopic (exact) mass is 315 g/mol. The number of nitrogens with one attached hydrogen (secondary N) is 1. The molecule has 0 spiro atoms. The Morgan fingerprint density at radius 2 is 2.19 bits per heavy atom. The van der Waals surface area contributed by atoms with Crippen LogP contribution >= 0.6 is 0 Å². The van der Waals surface area contributed by atoms with Gasteiger partial charge in [-0.3, -0.25) is 10.1 Å². The smallest absolute Gasteiger partial charge is 0.312 e. The van der Waals surface area contributed by atoms with E-state index in [2.05, 4.69) is 5.32 Å². The summed E-state index contributed by atoms with van der Waals surface area (Å²) < 4.78 is 31.2. The van der Waals surface area contributed by atoms with E-state index in [-0.39, 0.29) is 22.4 Å². The highest BCUT2D eigenvalue weighted by Gasteiger charge is 2.31. The molecule has 1 heterocycles. The second-order valence-corrected chi connectivity index (χ2v) is 6.76. The Balaban J connectivity index is 2.40. The molecule has 0 aliphatic carbocycles. The van der Waals surface area contributed by atoms with Crippen LogP contribution in [0.25, 0.3) is 0 Å². The number of sulfonamides is 1. The van der Waals surface area contributed by atoms with Gasteiger partial charge >= 0.3 is 5.69 Å². The summed E-state index contributed by atoms with van der Waals surface area (Å²) in [5.41, 5.74) is -0.364. The van der Waals surface area contributed by atoms with Crippen molar-refractivity contribution in [2.75, 3.05) is 27.2 Å². The summed E-state index contributed by atoms with van der Waals surface area (Å²) in [6, 6.07) is 3.51. The maximum absolute atomic E-state index is 12.5. The number of nitro benzene ring substituents is 1. The third-order valence-corrected chi connectivity index (χ3v) is 5.48. The summed E-state index contributed by atoms with van der Waals surface area (Å²) in [7, 11) is -0.982. The Hall–Kier alpha value is -1.71. The number of methoxy groups -OCH3 is 1. The average molecular weight is 315 g/mol. The predicted octanol–water partition coefficient (Wildman–Crippen LogP) is 0.586. The van der Waals surface area contributed by atoms with E-state index in [1.165, 1.54) is 30.6 Å². The van der Waals surface area contributed by atoms with Crippen LogP contribution in [0, 0.1) is 10.1 Å². The van der Waals surface area contributed by atoms with Gasteiger partial charge < -0.3 is 10.1 Å². The number of nitrogens with zero attached hydrogens (tertiary/aromatic N) is 2. The average Bonchev–Trinajstić information content (AvgIpc) is 2.99. The fourth-order valence-electron chi connectivity index (χ4n) is 2.29. The number of hydrogen-bond donors (Lipinski definition) is 1. The van der Waals surface area contributed by atoms with Crippen LogP contribution in [0.4, 0.5) is 5.69 Å². The minimum Gasteiger partial charge on any atom is -0.490 e. The maximum atomic E-state index is 12.5. The summed E-state index contributed by atoms with van der Waals surface area (Å²) in [5.74, 6) is 0.0316. The molecule has 1 atom stereocenters. The summed E-state index contributed by atoms with van der Waals surface area (Å²) >= 11 is 0. The number of hydrogen-bond acceptors (Lipinski definition) is 6. The van der Waals surface area contributed by atoms with Gasteiger partial charge in [-0.2, -0.15) is 4.31 Å². The fraction of sp³-hybridized carbons (Fsp3) is 0.500. The van der Waals surface area contributed by atoms with Gasteiger partial charge in [-0.05, 0) is 25.1 Å². The largest absolute Gasteiger partial charge is 0.490 e. The van der Waals surface area contributed by atoms with Crippen molar-refractivity contribution >= 4 is 15.7 Å². The summed E-state index contributed by atoms with van der Waals surface area (Å²) in [5, 5.41) is 14.1. The molecule has 1 saturated heterocycles. The van der Waals surface area contributed by atoms with Crippen LogP contribution in [0.1, 0.15) is 6.42 Å². The first-order valence-electron chi connectivity index (χ1n) is 6.39. The SMILES string of the molecule is COc1ccc(S(=O)(=O)N(C)C2CCNC2)cc1[N+](=O)[O-]. The van der Waals surface area contributed by atoms with Crippen LogP contribution in [0.3, 0.4) is 0 Å². The Bertz CT molecular complexity index is 640. The summed E-state index contributed by atoms with van der Waals surface area (Å²) in [6.07, 6.45) is 0.716. The molecule has 21 heavy (non-hydrogen) atoms. The minimum atomic E-state index is -3.77. The number of rotatable bonds is 5. The third kappa shape index (κ3) is 2.99. The van der Waals surface area contributed by atoms with Gasteiger partial charge in [0.25, 0.3) is 0 Å². The lowest BCUT2D eigenvalue weighted by molar-refractivity contribution is -0.386. The van der Waals surface area contributed by atoms with Gasteiger partial charge in [0.2, 0.25) is 10.0 Å². The van der Waals surface area contributed by atoms with E-state index in [9.17, 15) is 18.5 Å². The van der Waals surface area contributed by atoms with Gasteiger partial charge in [0.05, 0.1) is 16.9 Å². The molecular formula is C12H17N3O5S. The van der Waals surface area contributed by atoms with E-state index in [1.807, 2.05) is 0 Å². The topological polar surface area (TPSA) is 102 Å². The molecule has 1 aromatic rings. The number of ether oxygens (including phenoxy) is 1. The van der Waals surface area contributed by atoms with E-state index in [4.69, 9.17) is 4.74 Å². The Morgan fingerprint density at radius 3 is 2.71 bits per heavy atom.